The van der Waals surface area contributed by atoms with E-state index in [4.69, 9.17) is 23.2 Å². The van der Waals surface area contributed by atoms with Crippen LogP contribution >= 0.6 is 39.1 Å². The number of aromatic hydroxyl groups is 1. The van der Waals surface area contributed by atoms with E-state index in [1.807, 2.05) is 0 Å². The van der Waals surface area contributed by atoms with Gasteiger partial charge in [0.05, 0.1) is 17.3 Å². The number of carbonyl (C=O) groups is 4. The molecule has 0 spiro atoms. The number of nitrogens with zero attached hydrogens (tertiary/aromatic N) is 2. The molecule has 3 fully saturated rings. The largest absolute Gasteiger partial charge is 0.505 e. The number of phenolic OH excluding ortho intramolecular Hbond substituents is 1. The van der Waals surface area contributed by atoms with Crippen LogP contribution in [0.5, 0.6) is 5.75 Å². The van der Waals surface area contributed by atoms with E-state index in [9.17, 15) is 33.9 Å². The minimum absolute atomic E-state index is 0.0806. The highest BCUT2D eigenvalue weighted by molar-refractivity contribution is 9.09. The molecule has 174 valence electrons. The molecule has 1 saturated carbocycles. The van der Waals surface area contributed by atoms with Crippen LogP contribution in [0.25, 0.3) is 0 Å². The minimum atomic E-state index is -2.05. The van der Waals surface area contributed by atoms with Crippen molar-refractivity contribution in [3.05, 3.63) is 41.2 Å². The molecule has 2 saturated heterocycles. The number of alkyl halides is 3. The normalized spacial score (nSPS) is 37.8. The van der Waals surface area contributed by atoms with E-state index in [1.165, 1.54) is 6.07 Å². The van der Waals surface area contributed by atoms with Crippen LogP contribution in [0, 0.1) is 23.6 Å². The summed E-state index contributed by atoms with van der Waals surface area (Å²) in [5.74, 6) is -8.52. The van der Waals surface area contributed by atoms with Crippen molar-refractivity contribution in [1.29, 1.82) is 0 Å². The predicted molar refractivity (Wildman–Crippen MR) is 115 cm³/mol. The van der Waals surface area contributed by atoms with Crippen molar-refractivity contribution in [3.63, 3.8) is 0 Å². The molecular formula is C21H16BrCl2FN2O6. The van der Waals surface area contributed by atoms with Crippen molar-refractivity contribution in [2.24, 2.45) is 17.8 Å². The van der Waals surface area contributed by atoms with Gasteiger partial charge < -0.3 is 5.11 Å². The first-order valence-corrected chi connectivity index (χ1v) is 11.9. The minimum Gasteiger partial charge on any atom is -0.505 e. The number of likely N-dealkylation sites (tertiary alicyclic amines) is 1. The number of halogens is 4. The molecule has 1 aromatic carbocycles. The average molecular weight is 562 g/mol. The van der Waals surface area contributed by atoms with Gasteiger partial charge in [-0.15, -0.1) is 23.2 Å². The zero-order valence-corrected chi connectivity index (χ0v) is 19.8. The number of hydrogen-bond donors (Lipinski definition) is 2. The molecule has 1 aromatic rings. The Hall–Kier alpha value is -2.01. The SMILES string of the molecule is O=C1[C@H]2[C@H](CC=C3[C@H]2C[C@@]2(Cl)C(=O)N(CBr)C(=O)[C@@]2(Cl)[C@H]3c2ccc(O)c(F)c2)C(=O)N1O. The summed E-state index contributed by atoms with van der Waals surface area (Å²) in [7, 11) is 0. The standard InChI is InChI=1S/C21H16BrCl2FN2O6/c22-7-26-18(31)20(23)6-11-9(2-3-10-14(11)17(30)27(33)16(10)29)15(21(20,24)19(26)32)8-1-4-13(28)12(25)5-8/h1-2,4-5,10-11,14-15,28,33H,3,6-7H2/t10-,11+,14-,15-,20+,21-/m0/s1. The van der Waals surface area contributed by atoms with Gasteiger partial charge in [0.1, 0.15) is 0 Å². The first kappa shape index (κ1) is 22.8. The number of benzene rings is 1. The van der Waals surface area contributed by atoms with E-state index in [0.717, 1.165) is 17.0 Å². The Kier molecular flexibility index (Phi) is 5.00. The van der Waals surface area contributed by atoms with Gasteiger partial charge in [0.15, 0.2) is 21.3 Å². The zero-order valence-electron chi connectivity index (χ0n) is 16.7. The molecule has 0 unspecified atom stereocenters. The Bertz CT molecular complexity index is 1180. The van der Waals surface area contributed by atoms with Gasteiger partial charge in [0, 0.05) is 5.92 Å². The van der Waals surface area contributed by atoms with Crippen LogP contribution < -0.4 is 0 Å². The molecule has 2 aliphatic carbocycles. The number of carbonyl (C=O) groups excluding carboxylic acids is 4. The fourth-order valence-electron chi connectivity index (χ4n) is 5.81. The molecule has 2 heterocycles. The van der Waals surface area contributed by atoms with Gasteiger partial charge in [-0.25, -0.2) is 4.39 Å². The summed E-state index contributed by atoms with van der Waals surface area (Å²) in [4.78, 5) is 48.7. The van der Waals surface area contributed by atoms with E-state index < -0.39 is 68.6 Å². The molecule has 8 nitrogen and oxygen atoms in total. The Morgan fingerprint density at radius 1 is 1.12 bits per heavy atom. The van der Waals surface area contributed by atoms with Gasteiger partial charge in [0.2, 0.25) is 0 Å². The van der Waals surface area contributed by atoms with Gasteiger partial charge >= 0.3 is 0 Å². The van der Waals surface area contributed by atoms with Crippen LogP contribution in [0.1, 0.15) is 24.3 Å². The summed E-state index contributed by atoms with van der Waals surface area (Å²) in [6, 6.07) is 3.47. The maximum atomic E-state index is 14.4. The van der Waals surface area contributed by atoms with Crippen molar-refractivity contribution < 1.29 is 33.9 Å². The Morgan fingerprint density at radius 2 is 1.82 bits per heavy atom. The zero-order chi connectivity index (χ0) is 24.0. The lowest BCUT2D eigenvalue weighted by Crippen LogP contribution is -2.60. The molecule has 12 heteroatoms. The maximum absolute atomic E-state index is 14.4. The Balaban J connectivity index is 1.76. The smallest absolute Gasteiger partial charge is 0.257 e. The molecular weight excluding hydrogens is 546 g/mol. The topological polar surface area (TPSA) is 115 Å². The van der Waals surface area contributed by atoms with Crippen molar-refractivity contribution in [2.45, 2.75) is 28.5 Å². The second-order valence-corrected chi connectivity index (χ2v) is 10.4. The number of fused-ring (bicyclic) bond motifs is 4. The molecule has 5 rings (SSSR count). The third-order valence-corrected chi connectivity index (χ3v) is 9.21. The lowest BCUT2D eigenvalue weighted by atomic mass is 9.56. The van der Waals surface area contributed by atoms with E-state index in [1.54, 1.807) is 6.08 Å². The summed E-state index contributed by atoms with van der Waals surface area (Å²) in [6.45, 7) is 0. The first-order chi connectivity index (χ1) is 15.5. The predicted octanol–water partition coefficient (Wildman–Crippen LogP) is 2.63. The molecule has 2 aliphatic heterocycles. The van der Waals surface area contributed by atoms with Crippen LogP contribution in [0.2, 0.25) is 0 Å². The molecule has 0 bridgehead atoms. The van der Waals surface area contributed by atoms with Gasteiger partial charge in [0.25, 0.3) is 23.6 Å². The van der Waals surface area contributed by atoms with Gasteiger partial charge in [-0.05, 0) is 36.5 Å². The highest BCUT2D eigenvalue weighted by atomic mass is 79.9. The highest BCUT2D eigenvalue weighted by Crippen LogP contribution is 2.65. The van der Waals surface area contributed by atoms with Gasteiger partial charge in [-0.1, -0.05) is 33.6 Å². The van der Waals surface area contributed by atoms with Crippen molar-refractivity contribution in [1.82, 2.24) is 9.96 Å². The quantitative estimate of drug-likeness (QED) is 0.189. The second-order valence-electron chi connectivity index (χ2n) is 8.69. The fourth-order valence-corrected chi connectivity index (χ4v) is 7.24. The molecule has 33 heavy (non-hydrogen) atoms. The third kappa shape index (κ3) is 2.66. The van der Waals surface area contributed by atoms with Crippen molar-refractivity contribution in [3.8, 4) is 5.75 Å². The summed E-state index contributed by atoms with van der Waals surface area (Å²) < 4.78 is 14.4. The van der Waals surface area contributed by atoms with Crippen molar-refractivity contribution in [2.75, 3.05) is 5.45 Å². The van der Waals surface area contributed by atoms with Gasteiger partial charge in [-0.3, -0.25) is 29.3 Å². The summed E-state index contributed by atoms with van der Waals surface area (Å²) >= 11 is 17.0. The number of hydroxylamine groups is 2. The third-order valence-electron chi connectivity index (χ3n) is 7.30. The van der Waals surface area contributed by atoms with Crippen LogP contribution in [-0.2, 0) is 19.2 Å². The van der Waals surface area contributed by atoms with Crippen LogP contribution in [-0.4, -0.2) is 59.1 Å². The van der Waals surface area contributed by atoms with Crippen LogP contribution in [0.3, 0.4) is 0 Å². The van der Waals surface area contributed by atoms with Crippen LogP contribution in [0.4, 0.5) is 4.39 Å². The van der Waals surface area contributed by atoms with E-state index in [-0.39, 0.29) is 28.9 Å². The van der Waals surface area contributed by atoms with Crippen molar-refractivity contribution >= 4 is 62.8 Å². The number of phenols is 1. The Labute approximate surface area is 205 Å². The highest BCUT2D eigenvalue weighted by Gasteiger charge is 2.76. The lowest BCUT2D eigenvalue weighted by molar-refractivity contribution is -0.173. The maximum Gasteiger partial charge on any atom is 0.257 e. The molecule has 0 radical (unpaired) electrons. The first-order valence-electron chi connectivity index (χ1n) is 10.0. The monoisotopic (exact) mass is 560 g/mol. The second kappa shape index (κ2) is 7.24. The van der Waals surface area contributed by atoms with Gasteiger partial charge in [-0.2, -0.15) is 5.06 Å². The number of rotatable bonds is 2. The summed E-state index contributed by atoms with van der Waals surface area (Å²) in [5, 5.41) is 19.7. The Morgan fingerprint density at radius 3 is 2.45 bits per heavy atom. The summed E-state index contributed by atoms with van der Waals surface area (Å²) in [6.07, 6.45) is 1.51. The fraction of sp³-hybridized carbons (Fsp3) is 0.429. The molecule has 4 aliphatic rings. The number of hydrogen-bond acceptors (Lipinski definition) is 6. The van der Waals surface area contributed by atoms with E-state index in [0.29, 0.717) is 5.57 Å². The molecule has 6 atom stereocenters. The van der Waals surface area contributed by atoms with E-state index in [2.05, 4.69) is 15.9 Å². The average Bonchev–Trinajstić information content (AvgIpc) is 3.09. The molecule has 4 amide bonds. The number of allylic oxidation sites excluding steroid dienone is 2. The number of imide groups is 2. The molecule has 0 aromatic heterocycles. The lowest BCUT2D eigenvalue weighted by Gasteiger charge is -2.50. The molecule has 2 N–H and O–H groups in total. The van der Waals surface area contributed by atoms with E-state index >= 15 is 0 Å². The van der Waals surface area contributed by atoms with Crippen LogP contribution in [0.15, 0.2) is 29.8 Å². The summed E-state index contributed by atoms with van der Waals surface area (Å²) in [5.41, 5.74) is 0.457. The number of amides is 4.